The first-order valence-corrected chi connectivity index (χ1v) is 8.30. The highest BCUT2D eigenvalue weighted by atomic mass is 32.2. The molecule has 6 heteroatoms. The van der Waals surface area contributed by atoms with Gasteiger partial charge in [0.15, 0.2) is 0 Å². The molecule has 112 valence electrons. The minimum atomic E-state index is -3.47. The van der Waals surface area contributed by atoms with E-state index in [-0.39, 0.29) is 12.4 Å². The number of benzene rings is 1. The summed E-state index contributed by atoms with van der Waals surface area (Å²) in [5, 5.41) is 9.39. The normalized spacial score (nSPS) is 13.0. The number of rotatable bonds is 7. The van der Waals surface area contributed by atoms with Gasteiger partial charge in [0.05, 0.1) is 18.4 Å². The lowest BCUT2D eigenvalue weighted by molar-refractivity contribution is 0.259. The van der Waals surface area contributed by atoms with Crippen LogP contribution in [0.3, 0.4) is 0 Å². The summed E-state index contributed by atoms with van der Waals surface area (Å²) in [6, 6.07) is 12.0. The predicted molar refractivity (Wildman–Crippen MR) is 81.1 cm³/mol. The van der Waals surface area contributed by atoms with E-state index in [1.807, 2.05) is 18.2 Å². The second-order valence-corrected chi connectivity index (χ2v) is 6.56. The molecule has 0 bridgehead atoms. The van der Waals surface area contributed by atoms with Gasteiger partial charge in [-0.1, -0.05) is 30.3 Å². The molecule has 1 aromatic heterocycles. The Morgan fingerprint density at radius 3 is 2.38 bits per heavy atom. The number of aryl methyl sites for hydroxylation is 1. The third-order valence-corrected chi connectivity index (χ3v) is 4.50. The molecule has 0 amide bonds. The molecule has 2 N–H and O–H groups in total. The van der Waals surface area contributed by atoms with E-state index >= 15 is 0 Å². The maximum Gasteiger partial charge on any atom is 0.212 e. The molecule has 0 saturated heterocycles. The summed E-state index contributed by atoms with van der Waals surface area (Å²) in [5.41, 5.74) is 1.66. The smallest absolute Gasteiger partial charge is 0.212 e. The molecule has 5 nitrogen and oxygen atoms in total. The van der Waals surface area contributed by atoms with Gasteiger partial charge in [-0.05, 0) is 29.7 Å². The highest BCUT2D eigenvalue weighted by molar-refractivity contribution is 7.89. The second-order valence-electron chi connectivity index (χ2n) is 4.69. The van der Waals surface area contributed by atoms with Crippen LogP contribution in [0.5, 0.6) is 0 Å². The summed E-state index contributed by atoms with van der Waals surface area (Å²) in [7, 11) is -3.47. The highest BCUT2D eigenvalue weighted by Gasteiger charge is 2.18. The first-order chi connectivity index (χ1) is 10.1. The molecule has 1 heterocycles. The summed E-state index contributed by atoms with van der Waals surface area (Å²) in [5.74, 6) is -0.0274. The van der Waals surface area contributed by atoms with Gasteiger partial charge >= 0.3 is 0 Å². The van der Waals surface area contributed by atoms with Gasteiger partial charge in [-0.25, -0.2) is 13.1 Å². The van der Waals surface area contributed by atoms with Crippen LogP contribution in [0, 0.1) is 0 Å². The van der Waals surface area contributed by atoms with Gasteiger partial charge in [0, 0.05) is 12.4 Å². The maximum absolute atomic E-state index is 12.1. The maximum atomic E-state index is 12.1. The zero-order valence-corrected chi connectivity index (χ0v) is 12.3. The Hall–Kier alpha value is -1.76. The summed E-state index contributed by atoms with van der Waals surface area (Å²) in [6.45, 7) is -0.279. The average molecular weight is 306 g/mol. The summed E-state index contributed by atoms with van der Waals surface area (Å²) in [6.07, 6.45) is 3.68. The Kier molecular flexibility index (Phi) is 5.44. The summed E-state index contributed by atoms with van der Waals surface area (Å²) >= 11 is 0. The van der Waals surface area contributed by atoms with Crippen molar-refractivity contribution in [1.29, 1.82) is 0 Å². The molecule has 0 radical (unpaired) electrons. The quantitative estimate of drug-likeness (QED) is 0.807. The number of aliphatic hydroxyl groups excluding tert-OH is 1. The van der Waals surface area contributed by atoms with Gasteiger partial charge < -0.3 is 5.11 Å². The van der Waals surface area contributed by atoms with Crippen molar-refractivity contribution in [2.24, 2.45) is 0 Å². The number of hydrogen-bond acceptors (Lipinski definition) is 4. The third-order valence-electron chi connectivity index (χ3n) is 3.12. The lowest BCUT2D eigenvalue weighted by Gasteiger charge is -2.16. The standard InChI is InChI=1S/C15H18N2O3S/c18-12-15(14-4-2-1-3-5-14)17-21(19,20)11-8-13-6-9-16-10-7-13/h1-7,9-10,15,17-18H,8,11-12H2/t15-/m0/s1. The van der Waals surface area contributed by atoms with Gasteiger partial charge in [0.25, 0.3) is 0 Å². The molecule has 0 spiro atoms. The second kappa shape index (κ2) is 7.31. The van der Waals surface area contributed by atoms with Crippen molar-refractivity contribution in [2.45, 2.75) is 12.5 Å². The number of nitrogens with zero attached hydrogens (tertiary/aromatic N) is 1. The minimum Gasteiger partial charge on any atom is -0.394 e. The van der Waals surface area contributed by atoms with E-state index in [4.69, 9.17) is 0 Å². The van der Waals surface area contributed by atoms with Crippen molar-refractivity contribution in [3.63, 3.8) is 0 Å². The Balaban J connectivity index is 1.99. The third kappa shape index (κ3) is 4.93. The van der Waals surface area contributed by atoms with E-state index in [2.05, 4.69) is 9.71 Å². The Morgan fingerprint density at radius 2 is 1.76 bits per heavy atom. The van der Waals surface area contributed by atoms with Crippen LogP contribution in [-0.4, -0.2) is 30.9 Å². The topological polar surface area (TPSA) is 79.3 Å². The molecule has 2 rings (SSSR count). The fraction of sp³-hybridized carbons (Fsp3) is 0.267. The lowest BCUT2D eigenvalue weighted by atomic mass is 10.1. The van der Waals surface area contributed by atoms with E-state index in [0.29, 0.717) is 6.42 Å². The molecule has 0 saturated carbocycles. The van der Waals surface area contributed by atoms with E-state index in [1.165, 1.54) is 0 Å². The fourth-order valence-electron chi connectivity index (χ4n) is 1.97. The predicted octanol–water partition coefficient (Wildman–Crippen LogP) is 1.28. The molecule has 0 aliphatic rings. The van der Waals surface area contributed by atoms with E-state index in [9.17, 15) is 13.5 Å². The first kappa shape index (κ1) is 15.6. The molecular weight excluding hydrogens is 288 g/mol. The van der Waals surface area contributed by atoms with Gasteiger partial charge in [-0.15, -0.1) is 0 Å². The van der Waals surface area contributed by atoms with Crippen molar-refractivity contribution in [1.82, 2.24) is 9.71 Å². The SMILES string of the molecule is O=S(=O)(CCc1ccncc1)N[C@@H](CO)c1ccccc1. The molecule has 1 atom stereocenters. The van der Waals surface area contributed by atoms with E-state index in [0.717, 1.165) is 11.1 Å². The highest BCUT2D eigenvalue weighted by Crippen LogP contribution is 2.13. The summed E-state index contributed by atoms with van der Waals surface area (Å²) < 4.78 is 26.8. The molecule has 0 aliphatic carbocycles. The largest absolute Gasteiger partial charge is 0.394 e. The number of pyridine rings is 1. The van der Waals surface area contributed by atoms with Crippen molar-refractivity contribution in [3.05, 3.63) is 66.0 Å². The monoisotopic (exact) mass is 306 g/mol. The number of aromatic nitrogens is 1. The van der Waals surface area contributed by atoms with Crippen LogP contribution in [0.2, 0.25) is 0 Å². The molecule has 0 fully saturated rings. The lowest BCUT2D eigenvalue weighted by Crippen LogP contribution is -2.33. The van der Waals surface area contributed by atoms with Gasteiger partial charge in [-0.2, -0.15) is 0 Å². The molecule has 21 heavy (non-hydrogen) atoms. The fourth-order valence-corrected chi connectivity index (χ4v) is 3.24. The van der Waals surface area contributed by atoms with Crippen molar-refractivity contribution in [3.8, 4) is 0 Å². The van der Waals surface area contributed by atoms with Gasteiger partial charge in [0.2, 0.25) is 10.0 Å². The van der Waals surface area contributed by atoms with Crippen molar-refractivity contribution >= 4 is 10.0 Å². The molecule has 1 aromatic carbocycles. The number of hydrogen-bond donors (Lipinski definition) is 2. The zero-order chi connectivity index (χ0) is 15.1. The van der Waals surface area contributed by atoms with Crippen LogP contribution < -0.4 is 4.72 Å². The molecule has 2 aromatic rings. The van der Waals surface area contributed by atoms with Crippen LogP contribution in [0.1, 0.15) is 17.2 Å². The summed E-state index contributed by atoms with van der Waals surface area (Å²) in [4.78, 5) is 3.89. The number of aliphatic hydroxyl groups is 1. The van der Waals surface area contributed by atoms with Crippen LogP contribution in [-0.2, 0) is 16.4 Å². The Bertz CT molecular complexity index is 645. The molecular formula is C15H18N2O3S. The van der Waals surface area contributed by atoms with Gasteiger partial charge in [-0.3, -0.25) is 4.98 Å². The van der Waals surface area contributed by atoms with Crippen LogP contribution in [0.25, 0.3) is 0 Å². The van der Waals surface area contributed by atoms with E-state index < -0.39 is 16.1 Å². The van der Waals surface area contributed by atoms with Crippen molar-refractivity contribution in [2.75, 3.05) is 12.4 Å². The molecule has 0 unspecified atom stereocenters. The number of sulfonamides is 1. The van der Waals surface area contributed by atoms with Crippen LogP contribution >= 0.6 is 0 Å². The molecule has 0 aliphatic heterocycles. The Labute approximate surface area is 124 Å². The van der Waals surface area contributed by atoms with Crippen LogP contribution in [0.4, 0.5) is 0 Å². The number of nitrogens with one attached hydrogen (secondary N) is 1. The minimum absolute atomic E-state index is 0.0274. The van der Waals surface area contributed by atoms with Crippen LogP contribution in [0.15, 0.2) is 54.9 Å². The van der Waals surface area contributed by atoms with Gasteiger partial charge in [0.1, 0.15) is 0 Å². The van der Waals surface area contributed by atoms with Crippen molar-refractivity contribution < 1.29 is 13.5 Å². The Morgan fingerprint density at radius 1 is 1.10 bits per heavy atom. The first-order valence-electron chi connectivity index (χ1n) is 6.65. The van der Waals surface area contributed by atoms with E-state index in [1.54, 1.807) is 36.7 Å². The zero-order valence-electron chi connectivity index (χ0n) is 11.5. The average Bonchev–Trinajstić information content (AvgIpc) is 2.53.